The summed E-state index contributed by atoms with van der Waals surface area (Å²) in [5, 5.41) is 9.13. The minimum absolute atomic E-state index is 0.00284. The number of aryl methyl sites for hydroxylation is 1. The van der Waals surface area contributed by atoms with E-state index in [2.05, 4.69) is 17.2 Å². The maximum absolute atomic E-state index is 11.2. The van der Waals surface area contributed by atoms with Crippen LogP contribution in [0.25, 0.3) is 0 Å². The molecule has 0 amide bonds. The first kappa shape index (κ1) is 14.8. The molecule has 0 aliphatic rings. The summed E-state index contributed by atoms with van der Waals surface area (Å²) >= 11 is 1.64. The number of rotatable bonds is 5. The lowest BCUT2D eigenvalue weighted by molar-refractivity contribution is 0.598. The van der Waals surface area contributed by atoms with Crippen molar-refractivity contribution in [2.75, 3.05) is 11.1 Å². The molecule has 2 aromatic rings. The number of nitrogens with zero attached hydrogens (tertiary/aromatic N) is 1. The van der Waals surface area contributed by atoms with Crippen LogP contribution in [0.1, 0.15) is 16.8 Å². The lowest BCUT2D eigenvalue weighted by atomic mass is 10.2. The molecule has 0 aliphatic heterocycles. The van der Waals surface area contributed by atoms with Crippen molar-refractivity contribution in [1.29, 1.82) is 0 Å². The van der Waals surface area contributed by atoms with E-state index in [0.717, 1.165) is 11.4 Å². The van der Waals surface area contributed by atoms with E-state index in [0.29, 0.717) is 17.9 Å². The Morgan fingerprint density at radius 2 is 2.15 bits per heavy atom. The highest BCUT2D eigenvalue weighted by Crippen LogP contribution is 2.23. The second kappa shape index (κ2) is 5.78. The summed E-state index contributed by atoms with van der Waals surface area (Å²) in [4.78, 5) is 5.51. The number of nitrogens with two attached hydrogens (primary N) is 2. The van der Waals surface area contributed by atoms with Gasteiger partial charge >= 0.3 is 0 Å². The van der Waals surface area contributed by atoms with Crippen molar-refractivity contribution < 1.29 is 8.42 Å². The van der Waals surface area contributed by atoms with E-state index in [1.165, 1.54) is 17.0 Å². The van der Waals surface area contributed by atoms with E-state index in [1.54, 1.807) is 17.4 Å². The highest BCUT2D eigenvalue weighted by molar-refractivity contribution is 7.89. The first-order chi connectivity index (χ1) is 9.40. The van der Waals surface area contributed by atoms with E-state index in [1.807, 2.05) is 6.20 Å². The maximum Gasteiger partial charge on any atom is 0.238 e. The number of nitrogen functional groups attached to an aromatic ring is 1. The molecule has 1 heterocycles. The Hall–Kier alpha value is -1.64. The molecular weight excluding hydrogens is 296 g/mol. The average Bonchev–Trinajstić information content (AvgIpc) is 2.84. The Labute approximate surface area is 121 Å². The van der Waals surface area contributed by atoms with Gasteiger partial charge in [0.05, 0.1) is 22.8 Å². The molecule has 0 spiro atoms. The maximum atomic E-state index is 11.2. The van der Waals surface area contributed by atoms with Crippen LogP contribution in [0.4, 0.5) is 11.4 Å². The number of hydrogen-bond acceptors (Lipinski definition) is 6. The molecule has 0 atom stereocenters. The molecule has 8 heteroatoms. The van der Waals surface area contributed by atoms with Crippen LogP contribution in [0.3, 0.4) is 0 Å². The van der Waals surface area contributed by atoms with Crippen LogP contribution in [0.2, 0.25) is 0 Å². The standard InChI is InChI=1S/C12H16N4O2S2/c1-2-8-6-16-12(19-8)7-15-11-4-3-9(5-10(11)13)20(14,17)18/h3-6,15H,2,7,13H2,1H3,(H2,14,17,18). The fourth-order valence-electron chi connectivity index (χ4n) is 1.64. The predicted octanol–water partition coefficient (Wildman–Crippen LogP) is 1.55. The second-order valence-corrected chi connectivity index (χ2v) is 6.98. The molecule has 5 N–H and O–H groups in total. The molecule has 0 bridgehead atoms. The van der Waals surface area contributed by atoms with Crippen LogP contribution >= 0.6 is 11.3 Å². The number of thiazole rings is 1. The zero-order valence-electron chi connectivity index (χ0n) is 11.0. The summed E-state index contributed by atoms with van der Waals surface area (Å²) in [6.45, 7) is 2.62. The van der Waals surface area contributed by atoms with Gasteiger partial charge in [0.2, 0.25) is 10.0 Å². The van der Waals surface area contributed by atoms with E-state index in [4.69, 9.17) is 10.9 Å². The summed E-state index contributed by atoms with van der Waals surface area (Å²) in [6.07, 6.45) is 2.82. The second-order valence-electron chi connectivity index (χ2n) is 4.22. The third-order valence-electron chi connectivity index (χ3n) is 2.73. The Balaban J connectivity index is 2.10. The lowest BCUT2D eigenvalue weighted by Gasteiger charge is -2.09. The van der Waals surface area contributed by atoms with Gasteiger partial charge in [-0.25, -0.2) is 18.5 Å². The van der Waals surface area contributed by atoms with Gasteiger partial charge in [-0.15, -0.1) is 11.3 Å². The van der Waals surface area contributed by atoms with Gasteiger partial charge in [-0.05, 0) is 24.6 Å². The number of aromatic nitrogens is 1. The monoisotopic (exact) mass is 312 g/mol. The first-order valence-corrected chi connectivity index (χ1v) is 8.36. The summed E-state index contributed by atoms with van der Waals surface area (Å²) in [5.74, 6) is 0. The molecule has 1 aromatic carbocycles. The van der Waals surface area contributed by atoms with Gasteiger partial charge < -0.3 is 11.1 Å². The van der Waals surface area contributed by atoms with Crippen molar-refractivity contribution in [2.24, 2.45) is 5.14 Å². The van der Waals surface area contributed by atoms with Gasteiger partial charge in [0.15, 0.2) is 0 Å². The molecule has 1 aromatic heterocycles. The molecule has 0 fully saturated rings. The summed E-state index contributed by atoms with van der Waals surface area (Å²) in [6, 6.07) is 4.37. The van der Waals surface area contributed by atoms with Crippen LogP contribution in [-0.2, 0) is 23.0 Å². The topological polar surface area (TPSA) is 111 Å². The van der Waals surface area contributed by atoms with Gasteiger partial charge in [0.25, 0.3) is 0 Å². The SMILES string of the molecule is CCc1cnc(CNc2ccc(S(N)(=O)=O)cc2N)s1. The Bertz CT molecular complexity index is 710. The van der Waals surface area contributed by atoms with Crippen molar-refractivity contribution in [3.05, 3.63) is 34.3 Å². The molecule has 0 radical (unpaired) electrons. The van der Waals surface area contributed by atoms with Crippen LogP contribution in [0.5, 0.6) is 0 Å². The Morgan fingerprint density at radius 3 is 2.70 bits per heavy atom. The van der Waals surface area contributed by atoms with E-state index in [9.17, 15) is 8.42 Å². The van der Waals surface area contributed by atoms with E-state index >= 15 is 0 Å². The summed E-state index contributed by atoms with van der Waals surface area (Å²) in [5.41, 5.74) is 6.81. The number of benzene rings is 1. The average molecular weight is 312 g/mol. The highest BCUT2D eigenvalue weighted by Gasteiger charge is 2.10. The molecule has 2 rings (SSSR count). The Morgan fingerprint density at radius 1 is 1.40 bits per heavy atom. The molecule has 0 unspecified atom stereocenters. The van der Waals surface area contributed by atoms with Gasteiger partial charge in [-0.3, -0.25) is 0 Å². The fourth-order valence-corrected chi connectivity index (χ4v) is 2.99. The molecular formula is C12H16N4O2S2. The zero-order chi connectivity index (χ0) is 14.8. The van der Waals surface area contributed by atoms with Gasteiger partial charge in [0, 0.05) is 11.1 Å². The van der Waals surface area contributed by atoms with Gasteiger partial charge in [0.1, 0.15) is 5.01 Å². The third kappa shape index (κ3) is 3.47. The fraction of sp³-hybridized carbons (Fsp3) is 0.250. The molecule has 0 aliphatic carbocycles. The largest absolute Gasteiger partial charge is 0.397 e. The van der Waals surface area contributed by atoms with Crippen molar-refractivity contribution in [3.8, 4) is 0 Å². The number of anilines is 2. The van der Waals surface area contributed by atoms with Gasteiger partial charge in [-0.1, -0.05) is 6.92 Å². The van der Waals surface area contributed by atoms with Crippen LogP contribution < -0.4 is 16.2 Å². The number of sulfonamides is 1. The third-order valence-corrected chi connectivity index (χ3v) is 4.78. The first-order valence-electron chi connectivity index (χ1n) is 6.00. The molecule has 0 saturated heterocycles. The van der Waals surface area contributed by atoms with Crippen LogP contribution in [0, 0.1) is 0 Å². The zero-order valence-corrected chi connectivity index (χ0v) is 12.6. The van der Waals surface area contributed by atoms with Crippen LogP contribution in [0.15, 0.2) is 29.3 Å². The van der Waals surface area contributed by atoms with E-state index < -0.39 is 10.0 Å². The molecule has 0 saturated carbocycles. The minimum Gasteiger partial charge on any atom is -0.397 e. The van der Waals surface area contributed by atoms with Crippen molar-refractivity contribution in [3.63, 3.8) is 0 Å². The normalized spacial score (nSPS) is 11.5. The Kier molecular flexibility index (Phi) is 4.26. The summed E-state index contributed by atoms with van der Waals surface area (Å²) in [7, 11) is -3.73. The number of nitrogens with one attached hydrogen (secondary N) is 1. The van der Waals surface area contributed by atoms with Crippen molar-refractivity contribution in [1.82, 2.24) is 4.98 Å². The number of primary sulfonamides is 1. The number of hydrogen-bond donors (Lipinski definition) is 3. The smallest absolute Gasteiger partial charge is 0.238 e. The lowest BCUT2D eigenvalue weighted by Crippen LogP contribution is -2.13. The van der Waals surface area contributed by atoms with Crippen LogP contribution in [-0.4, -0.2) is 13.4 Å². The predicted molar refractivity (Wildman–Crippen MR) is 81.0 cm³/mol. The van der Waals surface area contributed by atoms with Crippen molar-refractivity contribution in [2.45, 2.75) is 24.8 Å². The van der Waals surface area contributed by atoms with Crippen molar-refractivity contribution >= 4 is 32.7 Å². The molecule has 108 valence electrons. The highest BCUT2D eigenvalue weighted by atomic mass is 32.2. The summed E-state index contributed by atoms with van der Waals surface area (Å²) < 4.78 is 22.4. The van der Waals surface area contributed by atoms with Gasteiger partial charge in [-0.2, -0.15) is 0 Å². The molecule has 6 nitrogen and oxygen atoms in total. The quantitative estimate of drug-likeness (QED) is 0.725. The van der Waals surface area contributed by atoms with E-state index in [-0.39, 0.29) is 4.90 Å². The molecule has 20 heavy (non-hydrogen) atoms. The minimum atomic E-state index is -3.73.